The summed E-state index contributed by atoms with van der Waals surface area (Å²) in [6, 6.07) is 0. The predicted octanol–water partition coefficient (Wildman–Crippen LogP) is 0.0165. The number of carboxylic acids is 1. The number of hydrogen-bond donors (Lipinski definition) is 2. The van der Waals surface area contributed by atoms with Crippen molar-refractivity contribution < 1.29 is 27.8 Å². The van der Waals surface area contributed by atoms with Gasteiger partial charge in [-0.05, 0) is 26.7 Å². The molecule has 0 atom stereocenters. The first-order valence-corrected chi connectivity index (χ1v) is 8.55. The van der Waals surface area contributed by atoms with E-state index in [-0.39, 0.29) is 19.6 Å². The molecule has 1 aliphatic rings. The van der Waals surface area contributed by atoms with Gasteiger partial charge < -0.3 is 14.6 Å². The molecule has 1 aliphatic heterocycles. The first-order valence-electron chi connectivity index (χ1n) is 7.11. The zero-order valence-electron chi connectivity index (χ0n) is 12.4. The largest absolute Gasteiger partial charge is 0.481 e. The van der Waals surface area contributed by atoms with Crippen LogP contribution in [-0.2, 0) is 24.5 Å². The molecule has 8 nitrogen and oxygen atoms in total. The van der Waals surface area contributed by atoms with Crippen LogP contribution in [0.1, 0.15) is 26.7 Å². The Morgan fingerprint density at radius 2 is 1.81 bits per heavy atom. The molecule has 0 radical (unpaired) electrons. The number of carbonyl (C=O) groups is 1. The molecule has 1 rings (SSSR count). The van der Waals surface area contributed by atoms with Gasteiger partial charge in [0, 0.05) is 26.3 Å². The Morgan fingerprint density at radius 3 is 2.24 bits per heavy atom. The van der Waals surface area contributed by atoms with Gasteiger partial charge in [-0.15, -0.1) is 0 Å². The Balaban J connectivity index is 2.48. The molecule has 124 valence electrons. The van der Waals surface area contributed by atoms with Crippen LogP contribution in [0.2, 0.25) is 0 Å². The van der Waals surface area contributed by atoms with Gasteiger partial charge in [-0.25, -0.2) is 0 Å². The molecule has 1 heterocycles. The molecule has 0 unspecified atom stereocenters. The first-order chi connectivity index (χ1) is 9.90. The number of hydrogen-bond acceptors (Lipinski definition) is 5. The van der Waals surface area contributed by atoms with Crippen molar-refractivity contribution in [1.29, 1.82) is 0 Å². The smallest absolute Gasteiger partial charge is 0.306 e. The van der Waals surface area contributed by atoms with E-state index < -0.39 is 28.4 Å². The van der Waals surface area contributed by atoms with Gasteiger partial charge in [0.1, 0.15) is 0 Å². The normalized spacial score (nSPS) is 18.2. The predicted molar refractivity (Wildman–Crippen MR) is 75.9 cm³/mol. The minimum Gasteiger partial charge on any atom is -0.481 e. The number of piperidine rings is 1. The lowest BCUT2D eigenvalue weighted by Gasteiger charge is -2.29. The maximum absolute atomic E-state index is 12.1. The van der Waals surface area contributed by atoms with Crippen LogP contribution in [0, 0.1) is 5.92 Å². The van der Waals surface area contributed by atoms with Crippen molar-refractivity contribution in [2.24, 2.45) is 5.92 Å². The van der Waals surface area contributed by atoms with Gasteiger partial charge in [0.15, 0.2) is 6.29 Å². The number of ether oxygens (including phenoxy) is 2. The van der Waals surface area contributed by atoms with E-state index in [4.69, 9.17) is 14.6 Å². The minimum atomic E-state index is -3.63. The van der Waals surface area contributed by atoms with Crippen molar-refractivity contribution in [3.05, 3.63) is 0 Å². The second-order valence-corrected chi connectivity index (χ2v) is 6.46. The van der Waals surface area contributed by atoms with Crippen LogP contribution in [-0.4, -0.2) is 62.9 Å². The van der Waals surface area contributed by atoms with Gasteiger partial charge in [0.25, 0.3) is 10.2 Å². The molecule has 0 aromatic rings. The van der Waals surface area contributed by atoms with Crippen LogP contribution < -0.4 is 4.72 Å². The monoisotopic (exact) mass is 324 g/mol. The van der Waals surface area contributed by atoms with Crippen molar-refractivity contribution in [3.63, 3.8) is 0 Å². The molecule has 0 bridgehead atoms. The van der Waals surface area contributed by atoms with Crippen molar-refractivity contribution in [2.75, 3.05) is 32.8 Å². The summed E-state index contributed by atoms with van der Waals surface area (Å²) in [5.41, 5.74) is 0. The Bertz CT molecular complexity index is 413. The standard InChI is InChI=1S/C12H24N2O6S/c1-3-19-11(20-4-2)9-13-21(17,18)14-7-5-10(6-8-14)12(15)16/h10-11,13H,3-9H2,1-2H3,(H,15,16). The van der Waals surface area contributed by atoms with Crippen LogP contribution >= 0.6 is 0 Å². The Labute approximate surface area is 125 Å². The summed E-state index contributed by atoms with van der Waals surface area (Å²) in [6.45, 7) is 4.91. The minimum absolute atomic E-state index is 0.0306. The van der Waals surface area contributed by atoms with Crippen LogP contribution in [0.4, 0.5) is 0 Å². The van der Waals surface area contributed by atoms with E-state index >= 15 is 0 Å². The Hall–Kier alpha value is -0.740. The topological polar surface area (TPSA) is 105 Å². The number of rotatable bonds is 9. The van der Waals surface area contributed by atoms with E-state index in [1.165, 1.54) is 4.31 Å². The Morgan fingerprint density at radius 1 is 1.29 bits per heavy atom. The zero-order chi connectivity index (χ0) is 15.9. The highest BCUT2D eigenvalue weighted by Crippen LogP contribution is 2.19. The zero-order valence-corrected chi connectivity index (χ0v) is 13.3. The maximum atomic E-state index is 12.1. The van der Waals surface area contributed by atoms with Crippen LogP contribution in [0.25, 0.3) is 0 Å². The summed E-state index contributed by atoms with van der Waals surface area (Å²) in [4.78, 5) is 10.9. The summed E-state index contributed by atoms with van der Waals surface area (Å²) in [6.07, 6.45) is 0.0408. The highest BCUT2D eigenvalue weighted by molar-refractivity contribution is 7.87. The summed E-state index contributed by atoms with van der Waals surface area (Å²) < 4.78 is 38.5. The highest BCUT2D eigenvalue weighted by atomic mass is 32.2. The molecule has 2 N–H and O–H groups in total. The third-order valence-corrected chi connectivity index (χ3v) is 4.86. The molecule has 9 heteroatoms. The second-order valence-electron chi connectivity index (χ2n) is 4.71. The van der Waals surface area contributed by atoms with Crippen molar-refractivity contribution in [2.45, 2.75) is 33.0 Å². The molecule has 0 amide bonds. The van der Waals surface area contributed by atoms with Gasteiger partial charge in [0.05, 0.1) is 12.5 Å². The van der Waals surface area contributed by atoms with Crippen LogP contribution in [0.3, 0.4) is 0 Å². The van der Waals surface area contributed by atoms with E-state index in [1.54, 1.807) is 13.8 Å². The Kier molecular flexibility index (Phi) is 7.53. The number of carboxylic acid groups (broad SMARTS) is 1. The fourth-order valence-corrected chi connectivity index (χ4v) is 3.37. The molecule has 21 heavy (non-hydrogen) atoms. The van der Waals surface area contributed by atoms with E-state index in [0.29, 0.717) is 26.1 Å². The second kappa shape index (κ2) is 8.64. The fourth-order valence-electron chi connectivity index (χ4n) is 2.15. The lowest BCUT2D eigenvalue weighted by Crippen LogP contribution is -2.48. The third-order valence-electron chi connectivity index (χ3n) is 3.28. The number of nitrogens with one attached hydrogen (secondary N) is 1. The SMILES string of the molecule is CCOC(CNS(=O)(=O)N1CCC(C(=O)O)CC1)OCC. The molecule has 1 saturated heterocycles. The molecule has 0 aromatic heterocycles. The number of nitrogens with zero attached hydrogens (tertiary/aromatic N) is 1. The van der Waals surface area contributed by atoms with Crippen LogP contribution in [0.15, 0.2) is 0 Å². The quantitative estimate of drug-likeness (QED) is 0.579. The van der Waals surface area contributed by atoms with Gasteiger partial charge >= 0.3 is 5.97 Å². The third kappa shape index (κ3) is 5.87. The molecule has 1 fully saturated rings. The molecular weight excluding hydrogens is 300 g/mol. The average Bonchev–Trinajstić information content (AvgIpc) is 2.45. The van der Waals surface area contributed by atoms with Gasteiger partial charge in [-0.3, -0.25) is 4.79 Å². The number of aliphatic carboxylic acids is 1. The highest BCUT2D eigenvalue weighted by Gasteiger charge is 2.31. The van der Waals surface area contributed by atoms with Crippen molar-refractivity contribution in [1.82, 2.24) is 9.03 Å². The van der Waals surface area contributed by atoms with E-state index in [9.17, 15) is 13.2 Å². The van der Waals surface area contributed by atoms with Gasteiger partial charge in [-0.1, -0.05) is 0 Å². The summed E-state index contributed by atoms with van der Waals surface area (Å²) in [5, 5.41) is 8.90. The molecule has 0 spiro atoms. The van der Waals surface area contributed by atoms with Crippen molar-refractivity contribution in [3.8, 4) is 0 Å². The maximum Gasteiger partial charge on any atom is 0.306 e. The van der Waals surface area contributed by atoms with Crippen molar-refractivity contribution >= 4 is 16.2 Å². The van der Waals surface area contributed by atoms with Gasteiger partial charge in [-0.2, -0.15) is 17.4 Å². The summed E-state index contributed by atoms with van der Waals surface area (Å²) >= 11 is 0. The fraction of sp³-hybridized carbons (Fsp3) is 0.917. The lowest BCUT2D eigenvalue weighted by molar-refractivity contribution is -0.142. The lowest BCUT2D eigenvalue weighted by atomic mass is 9.99. The van der Waals surface area contributed by atoms with Crippen LogP contribution in [0.5, 0.6) is 0 Å². The molecule has 0 saturated carbocycles. The van der Waals surface area contributed by atoms with Gasteiger partial charge in [0.2, 0.25) is 0 Å². The molecule has 0 aromatic carbocycles. The van der Waals surface area contributed by atoms with E-state index in [1.807, 2.05) is 0 Å². The molecular formula is C12H24N2O6S. The average molecular weight is 324 g/mol. The van der Waals surface area contributed by atoms with E-state index in [0.717, 1.165) is 0 Å². The molecule has 0 aliphatic carbocycles. The summed E-state index contributed by atoms with van der Waals surface area (Å²) in [5.74, 6) is -1.33. The van der Waals surface area contributed by atoms with E-state index in [2.05, 4.69) is 4.72 Å². The summed E-state index contributed by atoms with van der Waals surface area (Å²) in [7, 11) is -3.63. The first kappa shape index (κ1) is 18.3.